The van der Waals surface area contributed by atoms with E-state index in [-0.39, 0.29) is 11.5 Å². The highest BCUT2D eigenvalue weighted by Crippen LogP contribution is 2.32. The molecule has 0 aliphatic carbocycles. The van der Waals surface area contributed by atoms with Gasteiger partial charge in [-0.05, 0) is 31.5 Å². The standard InChI is InChI=1S/C22H21N3O3S2/c1-3-25-21(27)18-17(15-8-5-4-6-9-15)13-29-20(18)24-22(25)30-14(2)19(26)23-12-16-10-7-11-28-16/h4-11,13-14H,3,12H2,1-2H3,(H,23,26)/t14-/m0/s1. The average Bonchev–Trinajstić information content (AvgIpc) is 3.43. The van der Waals surface area contributed by atoms with Gasteiger partial charge in [-0.2, -0.15) is 0 Å². The van der Waals surface area contributed by atoms with Crippen molar-refractivity contribution >= 4 is 39.2 Å². The van der Waals surface area contributed by atoms with Crippen molar-refractivity contribution in [1.29, 1.82) is 0 Å². The van der Waals surface area contributed by atoms with Crippen LogP contribution in [0.15, 0.2) is 68.5 Å². The average molecular weight is 440 g/mol. The molecular weight excluding hydrogens is 418 g/mol. The van der Waals surface area contributed by atoms with Gasteiger partial charge in [0.05, 0.1) is 23.4 Å². The second-order valence-corrected chi connectivity index (χ2v) is 8.86. The van der Waals surface area contributed by atoms with Gasteiger partial charge in [0.2, 0.25) is 5.91 Å². The topological polar surface area (TPSA) is 77.1 Å². The lowest BCUT2D eigenvalue weighted by molar-refractivity contribution is -0.120. The summed E-state index contributed by atoms with van der Waals surface area (Å²) in [6, 6.07) is 13.4. The number of nitrogens with zero attached hydrogens (tertiary/aromatic N) is 2. The van der Waals surface area contributed by atoms with Crippen molar-refractivity contribution in [3.8, 4) is 11.1 Å². The predicted molar refractivity (Wildman–Crippen MR) is 121 cm³/mol. The number of carbonyl (C=O) groups is 1. The summed E-state index contributed by atoms with van der Waals surface area (Å²) < 4.78 is 6.88. The summed E-state index contributed by atoms with van der Waals surface area (Å²) >= 11 is 2.74. The summed E-state index contributed by atoms with van der Waals surface area (Å²) in [5, 5.41) is 5.61. The third kappa shape index (κ3) is 4.06. The number of hydrogen-bond donors (Lipinski definition) is 1. The number of furan rings is 1. The van der Waals surface area contributed by atoms with Crippen LogP contribution in [0.3, 0.4) is 0 Å². The van der Waals surface area contributed by atoms with Crippen LogP contribution in [0.25, 0.3) is 21.3 Å². The molecule has 0 aliphatic heterocycles. The van der Waals surface area contributed by atoms with Crippen molar-refractivity contribution in [3.63, 3.8) is 0 Å². The highest BCUT2D eigenvalue weighted by atomic mass is 32.2. The van der Waals surface area contributed by atoms with Gasteiger partial charge in [-0.1, -0.05) is 42.1 Å². The molecule has 8 heteroatoms. The molecule has 3 heterocycles. The molecule has 0 spiro atoms. The second-order valence-electron chi connectivity index (χ2n) is 6.70. The van der Waals surface area contributed by atoms with Gasteiger partial charge in [-0.15, -0.1) is 11.3 Å². The smallest absolute Gasteiger partial charge is 0.263 e. The van der Waals surface area contributed by atoms with Crippen LogP contribution in [0.1, 0.15) is 19.6 Å². The molecule has 0 saturated heterocycles. The fraction of sp³-hybridized carbons (Fsp3) is 0.227. The molecule has 154 valence electrons. The van der Waals surface area contributed by atoms with Crippen LogP contribution in [0.4, 0.5) is 0 Å². The Morgan fingerprint density at radius 2 is 2.07 bits per heavy atom. The summed E-state index contributed by atoms with van der Waals surface area (Å²) in [4.78, 5) is 31.2. The molecule has 0 aliphatic rings. The Morgan fingerprint density at radius 3 is 2.77 bits per heavy atom. The minimum atomic E-state index is -0.407. The number of fused-ring (bicyclic) bond motifs is 1. The largest absolute Gasteiger partial charge is 0.467 e. The van der Waals surface area contributed by atoms with Crippen LogP contribution >= 0.6 is 23.1 Å². The molecule has 1 atom stereocenters. The summed E-state index contributed by atoms with van der Waals surface area (Å²) in [5.74, 6) is 0.558. The molecule has 0 fully saturated rings. The molecule has 6 nitrogen and oxygen atoms in total. The quantitative estimate of drug-likeness (QED) is 0.338. The van der Waals surface area contributed by atoms with E-state index in [1.807, 2.05) is 55.6 Å². The minimum Gasteiger partial charge on any atom is -0.467 e. The SMILES string of the molecule is CCn1c(S[C@@H](C)C(=O)NCc2ccco2)nc2scc(-c3ccccc3)c2c1=O. The number of thioether (sulfide) groups is 1. The molecule has 30 heavy (non-hydrogen) atoms. The second kappa shape index (κ2) is 8.89. The van der Waals surface area contributed by atoms with Crippen molar-refractivity contribution in [1.82, 2.24) is 14.9 Å². The number of thiophene rings is 1. The summed E-state index contributed by atoms with van der Waals surface area (Å²) in [7, 11) is 0. The van der Waals surface area contributed by atoms with E-state index in [2.05, 4.69) is 5.32 Å². The van der Waals surface area contributed by atoms with Gasteiger partial charge in [-0.25, -0.2) is 4.98 Å². The maximum absolute atomic E-state index is 13.3. The van der Waals surface area contributed by atoms with Crippen LogP contribution in [0.2, 0.25) is 0 Å². The zero-order valence-electron chi connectivity index (χ0n) is 16.6. The Bertz CT molecular complexity index is 1210. The maximum atomic E-state index is 13.3. The third-order valence-corrected chi connectivity index (χ3v) is 6.69. The van der Waals surface area contributed by atoms with Gasteiger partial charge in [-0.3, -0.25) is 14.2 Å². The first-order valence-electron chi connectivity index (χ1n) is 9.62. The Hall–Kier alpha value is -2.84. The molecule has 4 rings (SSSR count). The van der Waals surface area contributed by atoms with Crippen LogP contribution in [-0.2, 0) is 17.9 Å². The van der Waals surface area contributed by atoms with E-state index < -0.39 is 5.25 Å². The Labute approximate surface area is 181 Å². The van der Waals surface area contributed by atoms with E-state index in [0.717, 1.165) is 11.1 Å². The molecule has 0 radical (unpaired) electrons. The minimum absolute atomic E-state index is 0.0757. The molecular formula is C22H21N3O3S2. The van der Waals surface area contributed by atoms with Gasteiger partial charge in [0.15, 0.2) is 5.16 Å². The van der Waals surface area contributed by atoms with E-state index >= 15 is 0 Å². The van der Waals surface area contributed by atoms with Crippen molar-refractivity contribution < 1.29 is 9.21 Å². The molecule has 1 N–H and O–H groups in total. The lowest BCUT2D eigenvalue weighted by Gasteiger charge is -2.14. The number of aromatic nitrogens is 2. The molecule has 1 amide bonds. The summed E-state index contributed by atoms with van der Waals surface area (Å²) in [6.07, 6.45) is 1.57. The van der Waals surface area contributed by atoms with Crippen LogP contribution in [0.5, 0.6) is 0 Å². The summed E-state index contributed by atoms with van der Waals surface area (Å²) in [6.45, 7) is 4.53. The van der Waals surface area contributed by atoms with E-state index in [9.17, 15) is 9.59 Å². The first kappa shape index (κ1) is 20.4. The van der Waals surface area contributed by atoms with Gasteiger partial charge in [0.1, 0.15) is 10.6 Å². The van der Waals surface area contributed by atoms with Crippen molar-refractivity contribution in [2.45, 2.75) is 37.3 Å². The van der Waals surface area contributed by atoms with E-state index in [1.165, 1.54) is 23.1 Å². The highest BCUT2D eigenvalue weighted by molar-refractivity contribution is 8.00. The van der Waals surface area contributed by atoms with Crippen LogP contribution < -0.4 is 10.9 Å². The highest BCUT2D eigenvalue weighted by Gasteiger charge is 2.21. The van der Waals surface area contributed by atoms with Crippen molar-refractivity contribution in [3.05, 3.63) is 70.2 Å². The number of hydrogen-bond acceptors (Lipinski definition) is 6. The molecule has 0 unspecified atom stereocenters. The maximum Gasteiger partial charge on any atom is 0.263 e. The Balaban J connectivity index is 1.61. The lowest BCUT2D eigenvalue weighted by atomic mass is 10.1. The zero-order valence-corrected chi connectivity index (χ0v) is 18.3. The lowest BCUT2D eigenvalue weighted by Crippen LogP contribution is -2.31. The van der Waals surface area contributed by atoms with Gasteiger partial charge >= 0.3 is 0 Å². The number of rotatable bonds is 7. The molecule has 0 saturated carbocycles. The van der Waals surface area contributed by atoms with Crippen LogP contribution in [-0.4, -0.2) is 20.7 Å². The first-order chi connectivity index (χ1) is 14.6. The number of nitrogens with one attached hydrogen (secondary N) is 1. The van der Waals surface area contributed by atoms with E-state index in [4.69, 9.17) is 9.40 Å². The Morgan fingerprint density at radius 1 is 1.27 bits per heavy atom. The fourth-order valence-electron chi connectivity index (χ4n) is 3.15. The number of benzene rings is 1. The molecule has 3 aromatic heterocycles. The monoisotopic (exact) mass is 439 g/mol. The normalized spacial score (nSPS) is 12.2. The van der Waals surface area contributed by atoms with Crippen LogP contribution in [0, 0.1) is 0 Å². The molecule has 1 aromatic carbocycles. The van der Waals surface area contributed by atoms with Crippen molar-refractivity contribution in [2.24, 2.45) is 0 Å². The predicted octanol–water partition coefficient (Wildman–Crippen LogP) is 4.53. The molecule has 4 aromatic rings. The first-order valence-corrected chi connectivity index (χ1v) is 11.4. The fourth-order valence-corrected chi connectivity index (χ4v) is 5.13. The van der Waals surface area contributed by atoms with Crippen molar-refractivity contribution in [2.75, 3.05) is 0 Å². The van der Waals surface area contributed by atoms with Gasteiger partial charge < -0.3 is 9.73 Å². The van der Waals surface area contributed by atoms with E-state index in [0.29, 0.717) is 34.2 Å². The number of carbonyl (C=O) groups excluding carboxylic acids is 1. The number of amides is 1. The third-order valence-electron chi connectivity index (χ3n) is 4.73. The summed E-state index contributed by atoms with van der Waals surface area (Å²) in [5.41, 5.74) is 1.82. The Kier molecular flexibility index (Phi) is 6.06. The zero-order chi connectivity index (χ0) is 21.1. The van der Waals surface area contributed by atoms with Gasteiger partial charge in [0.25, 0.3) is 5.56 Å². The van der Waals surface area contributed by atoms with Gasteiger partial charge in [0, 0.05) is 17.5 Å². The van der Waals surface area contributed by atoms with E-state index in [1.54, 1.807) is 16.9 Å². The molecule has 0 bridgehead atoms.